The fraction of sp³-hybridized carbons (Fsp3) is 0.333. The molecule has 3 N–H and O–H groups in total. The third kappa shape index (κ3) is 4.72. The van der Waals surface area contributed by atoms with Crippen molar-refractivity contribution in [2.24, 2.45) is 5.73 Å². The van der Waals surface area contributed by atoms with Crippen molar-refractivity contribution >= 4 is 29.3 Å². The smallest absolute Gasteiger partial charge is 0.248 e. The topological polar surface area (TPSA) is 107 Å². The molecule has 0 spiro atoms. The Balaban J connectivity index is 2.10. The molecule has 138 valence electrons. The maximum atomic E-state index is 12.4. The van der Waals surface area contributed by atoms with E-state index in [1.54, 1.807) is 12.1 Å². The summed E-state index contributed by atoms with van der Waals surface area (Å²) >= 11 is 1.49. The third-order valence-electron chi connectivity index (χ3n) is 3.94. The van der Waals surface area contributed by atoms with Crippen LogP contribution < -0.4 is 15.8 Å². The lowest BCUT2D eigenvalue weighted by molar-refractivity contribution is -0.116. The van der Waals surface area contributed by atoms with Crippen LogP contribution in [0.4, 0.5) is 5.69 Å². The molecule has 0 fully saturated rings. The fourth-order valence-electron chi connectivity index (χ4n) is 2.57. The van der Waals surface area contributed by atoms with Crippen molar-refractivity contribution in [3.05, 3.63) is 40.7 Å². The van der Waals surface area contributed by atoms with E-state index < -0.39 is 5.91 Å². The van der Waals surface area contributed by atoms with Gasteiger partial charge in [0, 0.05) is 23.4 Å². The zero-order chi connectivity index (χ0) is 19.3. The molecule has 26 heavy (non-hydrogen) atoms. The van der Waals surface area contributed by atoms with E-state index in [2.05, 4.69) is 15.3 Å². The van der Waals surface area contributed by atoms with Crippen molar-refractivity contribution in [3.63, 3.8) is 0 Å². The Labute approximate surface area is 156 Å². The summed E-state index contributed by atoms with van der Waals surface area (Å²) in [6.45, 7) is 3.84. The summed E-state index contributed by atoms with van der Waals surface area (Å²) in [6.07, 6.45) is 2.71. The van der Waals surface area contributed by atoms with Gasteiger partial charge in [0.1, 0.15) is 5.75 Å². The number of hydrogen-bond donors (Lipinski definition) is 2. The number of anilines is 1. The molecule has 0 saturated carbocycles. The normalized spacial score (nSPS) is 10.5. The number of nitrogens with one attached hydrogen (secondary N) is 1. The number of nitrogens with two attached hydrogens (primary N) is 1. The number of amides is 2. The van der Waals surface area contributed by atoms with Crippen molar-refractivity contribution in [1.29, 1.82) is 0 Å². The van der Waals surface area contributed by atoms with E-state index in [0.717, 1.165) is 22.1 Å². The Morgan fingerprint density at radius 3 is 2.42 bits per heavy atom. The van der Waals surface area contributed by atoms with Gasteiger partial charge in [0.25, 0.3) is 0 Å². The molecule has 0 aliphatic heterocycles. The number of primary amides is 1. The first-order chi connectivity index (χ1) is 12.3. The molecule has 1 aromatic carbocycles. The fourth-order valence-corrected chi connectivity index (χ4v) is 3.03. The van der Waals surface area contributed by atoms with Crippen LogP contribution in [0.3, 0.4) is 0 Å². The maximum Gasteiger partial charge on any atom is 0.248 e. The molecule has 0 aliphatic carbocycles. The number of aryl methyl sites for hydroxylation is 2. The molecule has 0 aliphatic rings. The van der Waals surface area contributed by atoms with Crippen molar-refractivity contribution in [1.82, 2.24) is 9.97 Å². The molecular formula is C18H22N4O3S. The molecular weight excluding hydrogens is 352 g/mol. The number of hydrogen-bond acceptors (Lipinski definition) is 6. The largest absolute Gasteiger partial charge is 0.495 e. The minimum Gasteiger partial charge on any atom is -0.495 e. The number of thioether (sulfide) groups is 1. The summed E-state index contributed by atoms with van der Waals surface area (Å²) in [4.78, 5) is 32.5. The quantitative estimate of drug-likeness (QED) is 0.569. The Bertz CT molecular complexity index is 816. The van der Waals surface area contributed by atoms with Gasteiger partial charge in [-0.2, -0.15) is 0 Å². The predicted molar refractivity (Wildman–Crippen MR) is 102 cm³/mol. The van der Waals surface area contributed by atoms with Gasteiger partial charge in [0.05, 0.1) is 12.8 Å². The van der Waals surface area contributed by atoms with Gasteiger partial charge in [-0.1, -0.05) is 11.8 Å². The van der Waals surface area contributed by atoms with Crippen LogP contribution >= 0.6 is 11.8 Å². The zero-order valence-electron chi connectivity index (χ0n) is 15.3. The average molecular weight is 374 g/mol. The van der Waals surface area contributed by atoms with Gasteiger partial charge in [0.2, 0.25) is 11.8 Å². The number of aromatic nitrogens is 2. The van der Waals surface area contributed by atoms with Gasteiger partial charge in [-0.3, -0.25) is 9.59 Å². The second kappa shape index (κ2) is 8.66. The van der Waals surface area contributed by atoms with Gasteiger partial charge < -0.3 is 15.8 Å². The highest BCUT2D eigenvalue weighted by Gasteiger charge is 2.13. The number of benzene rings is 1. The second-order valence-electron chi connectivity index (χ2n) is 5.69. The van der Waals surface area contributed by atoms with E-state index in [-0.39, 0.29) is 12.3 Å². The van der Waals surface area contributed by atoms with E-state index >= 15 is 0 Å². The predicted octanol–water partition coefficient (Wildman–Crippen LogP) is 2.49. The van der Waals surface area contributed by atoms with Gasteiger partial charge in [-0.15, -0.1) is 0 Å². The average Bonchev–Trinajstić information content (AvgIpc) is 2.60. The second-order valence-corrected chi connectivity index (χ2v) is 6.46. The van der Waals surface area contributed by atoms with Crippen LogP contribution in [0.2, 0.25) is 0 Å². The highest BCUT2D eigenvalue weighted by Crippen LogP contribution is 2.26. The number of carbonyl (C=O) groups excluding carboxylic acids is 2. The molecule has 2 aromatic rings. The first kappa shape index (κ1) is 19.7. The zero-order valence-corrected chi connectivity index (χ0v) is 16.1. The van der Waals surface area contributed by atoms with E-state index in [1.165, 1.54) is 24.9 Å². The van der Waals surface area contributed by atoms with Crippen LogP contribution in [0.15, 0.2) is 23.4 Å². The molecule has 8 heteroatoms. The van der Waals surface area contributed by atoms with Gasteiger partial charge in [-0.25, -0.2) is 9.97 Å². The molecule has 2 rings (SSSR count). The monoisotopic (exact) mass is 374 g/mol. The van der Waals surface area contributed by atoms with Crippen LogP contribution in [0.1, 0.15) is 33.7 Å². The Morgan fingerprint density at radius 2 is 1.88 bits per heavy atom. The SMILES string of the molecule is COc1ccc(C(N)=O)cc1NC(=O)CCc1c(C)nc(SC)nc1C. The van der Waals surface area contributed by atoms with Crippen LogP contribution in [0.25, 0.3) is 0 Å². The summed E-state index contributed by atoms with van der Waals surface area (Å²) in [5.74, 6) is -0.304. The van der Waals surface area contributed by atoms with Gasteiger partial charge in [0.15, 0.2) is 5.16 Å². The van der Waals surface area contributed by atoms with Crippen LogP contribution in [0, 0.1) is 13.8 Å². The molecule has 2 amide bonds. The van der Waals surface area contributed by atoms with Crippen molar-refractivity contribution < 1.29 is 14.3 Å². The van der Waals surface area contributed by atoms with E-state index in [1.807, 2.05) is 20.1 Å². The summed E-state index contributed by atoms with van der Waals surface area (Å²) in [6, 6.07) is 4.65. The molecule has 0 unspecified atom stereocenters. The molecule has 7 nitrogen and oxygen atoms in total. The molecule has 1 aromatic heterocycles. The van der Waals surface area contributed by atoms with Crippen LogP contribution in [-0.2, 0) is 11.2 Å². The lowest BCUT2D eigenvalue weighted by Crippen LogP contribution is -2.16. The number of carbonyl (C=O) groups is 2. The first-order valence-electron chi connectivity index (χ1n) is 8.01. The minimum atomic E-state index is -0.569. The molecule has 0 radical (unpaired) electrons. The summed E-state index contributed by atoms with van der Waals surface area (Å²) in [5, 5.41) is 3.50. The standard InChI is InChI=1S/C18H22N4O3S/c1-10-13(11(2)21-18(20-10)26-4)6-8-16(23)22-14-9-12(17(19)24)5-7-15(14)25-3/h5,7,9H,6,8H2,1-4H3,(H2,19,24)(H,22,23). The number of nitrogens with zero attached hydrogens (tertiary/aromatic N) is 2. The lowest BCUT2D eigenvalue weighted by atomic mass is 10.1. The summed E-state index contributed by atoms with van der Waals surface area (Å²) in [7, 11) is 1.49. The van der Waals surface area contributed by atoms with Crippen molar-refractivity contribution in [3.8, 4) is 5.75 Å². The van der Waals surface area contributed by atoms with Gasteiger partial charge in [-0.05, 0) is 50.3 Å². The highest BCUT2D eigenvalue weighted by molar-refractivity contribution is 7.98. The van der Waals surface area contributed by atoms with Crippen molar-refractivity contribution in [2.45, 2.75) is 31.8 Å². The Kier molecular flexibility index (Phi) is 6.57. The first-order valence-corrected chi connectivity index (χ1v) is 9.24. The van der Waals surface area contributed by atoms with E-state index in [0.29, 0.717) is 23.4 Å². The lowest BCUT2D eigenvalue weighted by Gasteiger charge is -2.12. The summed E-state index contributed by atoms with van der Waals surface area (Å²) in [5.41, 5.74) is 8.73. The van der Waals surface area contributed by atoms with E-state index in [9.17, 15) is 9.59 Å². The number of methoxy groups -OCH3 is 1. The molecule has 0 atom stereocenters. The third-order valence-corrected chi connectivity index (χ3v) is 4.49. The Morgan fingerprint density at radius 1 is 1.23 bits per heavy atom. The number of rotatable bonds is 7. The molecule has 0 saturated heterocycles. The van der Waals surface area contributed by atoms with Crippen LogP contribution in [0.5, 0.6) is 5.75 Å². The molecule has 1 heterocycles. The number of ether oxygens (including phenoxy) is 1. The highest BCUT2D eigenvalue weighted by atomic mass is 32.2. The molecule has 0 bridgehead atoms. The van der Waals surface area contributed by atoms with Gasteiger partial charge >= 0.3 is 0 Å². The summed E-state index contributed by atoms with van der Waals surface area (Å²) < 4.78 is 5.22. The van der Waals surface area contributed by atoms with Crippen LogP contribution in [-0.4, -0.2) is 35.1 Å². The van der Waals surface area contributed by atoms with E-state index in [4.69, 9.17) is 10.5 Å². The minimum absolute atomic E-state index is 0.197. The maximum absolute atomic E-state index is 12.4. The Hall–Kier alpha value is -2.61. The van der Waals surface area contributed by atoms with Crippen molar-refractivity contribution in [2.75, 3.05) is 18.7 Å².